The highest BCUT2D eigenvalue weighted by Gasteiger charge is 2.28. The van der Waals surface area contributed by atoms with Gasteiger partial charge in [-0.05, 0) is 0 Å². The van der Waals surface area contributed by atoms with Crippen LogP contribution in [0.5, 0.6) is 0 Å². The number of hydrogen-bond donors (Lipinski definition) is 9. The molecule has 0 amide bonds. The summed E-state index contributed by atoms with van der Waals surface area (Å²) in [6.45, 7) is -3.22. The van der Waals surface area contributed by atoms with Crippen LogP contribution >= 0.6 is 0 Å². The summed E-state index contributed by atoms with van der Waals surface area (Å²) >= 11 is 0. The molecule has 0 aliphatic carbocycles. The molecule has 22 heavy (non-hydrogen) atoms. The summed E-state index contributed by atoms with van der Waals surface area (Å²) in [4.78, 5) is 20.9. The molecule has 11 nitrogen and oxygen atoms in total. The van der Waals surface area contributed by atoms with Crippen molar-refractivity contribution in [2.45, 2.75) is 30.5 Å². The van der Waals surface area contributed by atoms with Gasteiger partial charge < -0.3 is 46.0 Å². The molecule has 0 radical (unpaired) electrons. The van der Waals surface area contributed by atoms with Gasteiger partial charge in [0.05, 0.1) is 13.2 Å². The number of hydrogen-bond acceptors (Lipinski definition) is 11. The average Bonchev–Trinajstić information content (AvgIpc) is 2.56. The van der Waals surface area contributed by atoms with Crippen molar-refractivity contribution in [2.24, 2.45) is 0 Å². The lowest BCUT2D eigenvalue weighted by Gasteiger charge is -2.19. The van der Waals surface area contributed by atoms with Crippen molar-refractivity contribution in [1.29, 1.82) is 0 Å². The molecule has 0 aromatic heterocycles. The molecule has 0 bridgehead atoms. The monoisotopic (exact) mass is 330 g/mol. The third-order valence-electron chi connectivity index (χ3n) is 2.43. The summed E-state index contributed by atoms with van der Waals surface area (Å²) in [6.07, 6.45) is -8.41. The Hall–Kier alpha value is -1.02. The Labute approximate surface area is 125 Å². The lowest BCUT2D eigenvalue weighted by molar-refractivity contribution is -0.142. The van der Waals surface area contributed by atoms with Crippen LogP contribution in [0.1, 0.15) is 0 Å². The van der Waals surface area contributed by atoms with Crippen LogP contribution in [0.2, 0.25) is 0 Å². The van der Waals surface area contributed by atoms with Gasteiger partial charge >= 0.3 is 0 Å². The Bertz CT molecular complexity index is 321. The van der Waals surface area contributed by atoms with Gasteiger partial charge in [0, 0.05) is 0 Å². The van der Waals surface area contributed by atoms with E-state index in [0.717, 1.165) is 0 Å². The van der Waals surface area contributed by atoms with Gasteiger partial charge in [0.15, 0.2) is 11.6 Å². The van der Waals surface area contributed by atoms with Crippen molar-refractivity contribution in [3.05, 3.63) is 0 Å². The van der Waals surface area contributed by atoms with E-state index in [2.05, 4.69) is 0 Å². The number of Topliss-reactive ketones (excluding diaryl/α,β-unsaturated/α-hetero) is 2. The minimum Gasteiger partial charge on any atom is -0.394 e. The first-order valence-electron chi connectivity index (χ1n) is 6.07. The van der Waals surface area contributed by atoms with Gasteiger partial charge in [-0.1, -0.05) is 0 Å². The molecule has 9 N–H and O–H groups in total. The molecule has 0 fully saturated rings. The van der Waals surface area contributed by atoms with E-state index in [1.807, 2.05) is 0 Å². The highest BCUT2D eigenvalue weighted by atomic mass is 16.4. The second-order valence-corrected chi connectivity index (χ2v) is 4.13. The first-order valence-corrected chi connectivity index (χ1v) is 6.07. The SMILES string of the molecule is O=C(CO)[C@@H](O)[C@@H](O)CO.O=C(CO)[C@@H](O)[C@@H](O)[C@H](O)CO. The first-order chi connectivity index (χ1) is 10.2. The van der Waals surface area contributed by atoms with Gasteiger partial charge in [-0.3, -0.25) is 9.59 Å². The Morgan fingerprint density at radius 2 is 1.00 bits per heavy atom. The van der Waals surface area contributed by atoms with Crippen LogP contribution in [0.25, 0.3) is 0 Å². The number of carbonyl (C=O) groups excluding carboxylic acids is 2. The fourth-order valence-electron chi connectivity index (χ4n) is 1.01. The first kappa shape index (κ1) is 23.2. The van der Waals surface area contributed by atoms with Crippen molar-refractivity contribution >= 4 is 11.6 Å². The minimum atomic E-state index is -1.86. The quantitative estimate of drug-likeness (QED) is 0.194. The second kappa shape index (κ2) is 12.5. The predicted molar refractivity (Wildman–Crippen MR) is 68.4 cm³/mol. The van der Waals surface area contributed by atoms with Gasteiger partial charge in [0.25, 0.3) is 0 Å². The Morgan fingerprint density at radius 1 is 0.636 bits per heavy atom. The van der Waals surface area contributed by atoms with Crippen LogP contribution in [-0.4, -0.2) is 114 Å². The molecule has 0 unspecified atom stereocenters. The number of carbonyl (C=O) groups is 2. The maximum absolute atomic E-state index is 10.5. The zero-order valence-electron chi connectivity index (χ0n) is 11.6. The average molecular weight is 330 g/mol. The standard InChI is InChI=1S/C6H12O6.C5H10O5/c7-1-3(9)5(11)6(12)4(10)2-8;6-1-3(8)5(10)4(9)2-7/h3,5-9,11-12H,1-2H2;3,5-8,10H,1-2H2/t3-,5+,6-;3-,5-/m10/s1. The van der Waals surface area contributed by atoms with E-state index in [9.17, 15) is 9.59 Å². The van der Waals surface area contributed by atoms with Crippen LogP contribution < -0.4 is 0 Å². The molecule has 0 rings (SSSR count). The molecule has 5 atom stereocenters. The molecule has 0 aliphatic heterocycles. The summed E-state index contributed by atoms with van der Waals surface area (Å²) in [5.41, 5.74) is 0. The molecular weight excluding hydrogens is 308 g/mol. The van der Waals surface area contributed by atoms with Gasteiger partial charge in [-0.25, -0.2) is 0 Å². The van der Waals surface area contributed by atoms with Crippen molar-refractivity contribution in [2.75, 3.05) is 26.4 Å². The Kier molecular flexibility index (Phi) is 13.2. The fraction of sp³-hybridized carbons (Fsp3) is 0.818. The summed E-state index contributed by atoms with van der Waals surface area (Å²) in [6, 6.07) is 0. The predicted octanol–water partition coefficient (Wildman–Crippen LogP) is -6.12. The molecule has 132 valence electrons. The van der Waals surface area contributed by atoms with E-state index in [4.69, 9.17) is 46.0 Å². The van der Waals surface area contributed by atoms with E-state index >= 15 is 0 Å². The zero-order valence-corrected chi connectivity index (χ0v) is 11.6. The lowest BCUT2D eigenvalue weighted by atomic mass is 10.1. The van der Waals surface area contributed by atoms with E-state index < -0.39 is 68.5 Å². The summed E-state index contributed by atoms with van der Waals surface area (Å²) < 4.78 is 0. The van der Waals surface area contributed by atoms with E-state index in [0.29, 0.717) is 0 Å². The van der Waals surface area contributed by atoms with Gasteiger partial charge in [-0.15, -0.1) is 0 Å². The molecule has 11 heteroatoms. The van der Waals surface area contributed by atoms with Crippen LogP contribution in [-0.2, 0) is 9.59 Å². The normalized spacial score (nSPS) is 17.5. The smallest absolute Gasteiger partial charge is 0.189 e. The number of rotatable bonds is 9. The molecule has 0 saturated carbocycles. The van der Waals surface area contributed by atoms with Crippen LogP contribution in [0.15, 0.2) is 0 Å². The molecule has 0 aliphatic rings. The third kappa shape index (κ3) is 8.43. The molecule has 0 aromatic carbocycles. The Morgan fingerprint density at radius 3 is 1.32 bits per heavy atom. The third-order valence-corrected chi connectivity index (χ3v) is 2.43. The maximum atomic E-state index is 10.5. The van der Waals surface area contributed by atoms with Gasteiger partial charge in [0.2, 0.25) is 0 Å². The second-order valence-electron chi connectivity index (χ2n) is 4.13. The van der Waals surface area contributed by atoms with Gasteiger partial charge in [-0.2, -0.15) is 0 Å². The molecular formula is C11H22O11. The number of aliphatic hydroxyl groups is 9. The number of aliphatic hydroxyl groups excluding tert-OH is 9. The van der Waals surface area contributed by atoms with Crippen LogP contribution in [0, 0.1) is 0 Å². The summed E-state index contributed by atoms with van der Waals surface area (Å²) in [7, 11) is 0. The largest absolute Gasteiger partial charge is 0.394 e. The van der Waals surface area contributed by atoms with Crippen LogP contribution in [0.4, 0.5) is 0 Å². The zero-order chi connectivity index (χ0) is 17.9. The molecule has 0 aromatic rings. The molecule has 0 heterocycles. The summed E-state index contributed by atoms with van der Waals surface area (Å²) in [5.74, 6) is -1.91. The number of ketones is 2. The molecule has 0 saturated heterocycles. The highest BCUT2D eigenvalue weighted by molar-refractivity contribution is 5.84. The van der Waals surface area contributed by atoms with Crippen molar-refractivity contribution in [3.8, 4) is 0 Å². The van der Waals surface area contributed by atoms with E-state index in [-0.39, 0.29) is 0 Å². The minimum absolute atomic E-state index is 0.701. The highest BCUT2D eigenvalue weighted by Crippen LogP contribution is 2.00. The van der Waals surface area contributed by atoms with E-state index in [1.54, 1.807) is 0 Å². The summed E-state index contributed by atoms with van der Waals surface area (Å²) in [5, 5.41) is 76.7. The van der Waals surface area contributed by atoms with Gasteiger partial charge in [0.1, 0.15) is 43.7 Å². The van der Waals surface area contributed by atoms with Crippen molar-refractivity contribution in [1.82, 2.24) is 0 Å². The fourth-order valence-corrected chi connectivity index (χ4v) is 1.01. The van der Waals surface area contributed by atoms with E-state index in [1.165, 1.54) is 0 Å². The van der Waals surface area contributed by atoms with Crippen molar-refractivity contribution < 1.29 is 55.5 Å². The van der Waals surface area contributed by atoms with Crippen LogP contribution in [0.3, 0.4) is 0 Å². The lowest BCUT2D eigenvalue weighted by Crippen LogP contribution is -2.44. The maximum Gasteiger partial charge on any atom is 0.189 e. The Balaban J connectivity index is 0. The topological polar surface area (TPSA) is 216 Å². The molecule has 0 spiro atoms. The van der Waals surface area contributed by atoms with Crippen molar-refractivity contribution in [3.63, 3.8) is 0 Å².